The molecule has 0 radical (unpaired) electrons. The van der Waals surface area contributed by atoms with Crippen LogP contribution in [0.15, 0.2) is 36.4 Å². The van der Waals surface area contributed by atoms with E-state index in [9.17, 15) is 14.7 Å². The molecule has 2 aliphatic rings. The van der Waals surface area contributed by atoms with Gasteiger partial charge in [0, 0.05) is 35.6 Å². The van der Waals surface area contributed by atoms with Crippen LogP contribution in [0.1, 0.15) is 50.1 Å². The molecule has 8 nitrogen and oxygen atoms in total. The van der Waals surface area contributed by atoms with Crippen LogP contribution in [0, 0.1) is 5.82 Å². The lowest BCUT2D eigenvalue weighted by Crippen LogP contribution is -2.53. The molecule has 0 aliphatic carbocycles. The number of phenols is 1. The molecular formula is C28H33FN4O4. The molecular weight excluding hydrogens is 475 g/mol. The molecule has 196 valence electrons. The molecule has 2 aromatic carbocycles. The molecule has 0 saturated carbocycles. The Balaban J connectivity index is 1.63. The first-order valence-electron chi connectivity index (χ1n) is 12.6. The zero-order valence-corrected chi connectivity index (χ0v) is 21.8. The molecule has 3 amide bonds. The molecule has 3 heterocycles. The quantitative estimate of drug-likeness (QED) is 0.461. The van der Waals surface area contributed by atoms with E-state index in [1.165, 1.54) is 12.0 Å². The van der Waals surface area contributed by atoms with E-state index in [4.69, 9.17) is 4.74 Å². The van der Waals surface area contributed by atoms with E-state index in [2.05, 4.69) is 23.7 Å². The number of benzene rings is 2. The number of urea groups is 1. The maximum Gasteiger partial charge on any atom is 0.328 e. The summed E-state index contributed by atoms with van der Waals surface area (Å²) in [7, 11) is 3.43. The van der Waals surface area contributed by atoms with Crippen LogP contribution in [0.3, 0.4) is 0 Å². The highest BCUT2D eigenvalue weighted by Gasteiger charge is 2.60. The lowest BCUT2D eigenvalue weighted by Gasteiger charge is -2.42. The number of carbonyl (C=O) groups is 2. The molecule has 9 heteroatoms. The summed E-state index contributed by atoms with van der Waals surface area (Å²) in [4.78, 5) is 36.2. The van der Waals surface area contributed by atoms with E-state index < -0.39 is 17.4 Å². The van der Waals surface area contributed by atoms with Gasteiger partial charge in [-0.1, -0.05) is 12.1 Å². The molecule has 0 bridgehead atoms. The number of nitrogens with one attached hydrogen (secondary N) is 1. The lowest BCUT2D eigenvalue weighted by atomic mass is 9.81. The fourth-order valence-corrected chi connectivity index (χ4v) is 5.68. The Labute approximate surface area is 215 Å². The highest BCUT2D eigenvalue weighted by atomic mass is 19.1. The van der Waals surface area contributed by atoms with Crippen molar-refractivity contribution in [2.24, 2.45) is 0 Å². The van der Waals surface area contributed by atoms with Crippen molar-refractivity contribution in [1.29, 1.82) is 0 Å². The van der Waals surface area contributed by atoms with Crippen LogP contribution in [0.2, 0.25) is 0 Å². The van der Waals surface area contributed by atoms with Gasteiger partial charge in [0.1, 0.15) is 17.3 Å². The van der Waals surface area contributed by atoms with Crippen LogP contribution in [-0.2, 0) is 11.2 Å². The second-order valence-corrected chi connectivity index (χ2v) is 10.5. The summed E-state index contributed by atoms with van der Waals surface area (Å²) >= 11 is 0. The Morgan fingerprint density at radius 3 is 2.70 bits per heavy atom. The third-order valence-corrected chi connectivity index (χ3v) is 7.91. The molecule has 2 aliphatic heterocycles. The van der Waals surface area contributed by atoms with Crippen LogP contribution in [0.4, 0.5) is 9.18 Å². The van der Waals surface area contributed by atoms with Crippen molar-refractivity contribution in [3.8, 4) is 11.5 Å². The number of ether oxygens (including phenoxy) is 1. The zero-order valence-electron chi connectivity index (χ0n) is 21.8. The second-order valence-electron chi connectivity index (χ2n) is 10.5. The average molecular weight is 509 g/mol. The molecule has 0 spiro atoms. The summed E-state index contributed by atoms with van der Waals surface area (Å²) in [6, 6.07) is 9.20. The molecule has 5 rings (SSSR count). The van der Waals surface area contributed by atoms with Crippen LogP contribution in [0.25, 0.3) is 10.9 Å². The largest absolute Gasteiger partial charge is 0.508 e. The number of amides is 3. The Kier molecular flexibility index (Phi) is 6.14. The number of hydrogen-bond acceptors (Lipinski definition) is 5. The minimum absolute atomic E-state index is 0.0434. The Hall–Kier alpha value is -3.59. The van der Waals surface area contributed by atoms with Gasteiger partial charge in [-0.3, -0.25) is 14.6 Å². The van der Waals surface area contributed by atoms with E-state index in [1.54, 1.807) is 48.2 Å². The molecule has 3 aromatic rings. The fourth-order valence-electron chi connectivity index (χ4n) is 5.68. The van der Waals surface area contributed by atoms with Crippen LogP contribution in [-0.4, -0.2) is 75.6 Å². The smallest absolute Gasteiger partial charge is 0.328 e. The number of aromatic nitrogens is 1. The van der Waals surface area contributed by atoms with Gasteiger partial charge in [-0.25, -0.2) is 9.18 Å². The summed E-state index contributed by atoms with van der Waals surface area (Å²) in [5.41, 5.74) is 1.25. The third kappa shape index (κ3) is 3.83. The summed E-state index contributed by atoms with van der Waals surface area (Å²) in [6.07, 6.45) is 0.807. The number of carbonyl (C=O) groups excluding carboxylic acids is 2. The van der Waals surface area contributed by atoms with Gasteiger partial charge in [0.2, 0.25) is 0 Å². The summed E-state index contributed by atoms with van der Waals surface area (Å²) < 4.78 is 20.8. The second kappa shape index (κ2) is 9.06. The Morgan fingerprint density at radius 2 is 2.03 bits per heavy atom. The topological polar surface area (TPSA) is 89.1 Å². The molecule has 0 unspecified atom stereocenters. The van der Waals surface area contributed by atoms with Crippen molar-refractivity contribution in [1.82, 2.24) is 19.7 Å². The molecule has 2 N–H and O–H groups in total. The first-order chi connectivity index (χ1) is 17.6. The summed E-state index contributed by atoms with van der Waals surface area (Å²) in [6.45, 7) is 6.99. The molecule has 1 aromatic heterocycles. The first kappa shape index (κ1) is 25.1. The fraction of sp³-hybridized carbons (Fsp3) is 0.429. The zero-order chi connectivity index (χ0) is 26.6. The van der Waals surface area contributed by atoms with E-state index in [0.29, 0.717) is 46.7 Å². The van der Waals surface area contributed by atoms with Crippen molar-refractivity contribution in [3.05, 3.63) is 59.0 Å². The van der Waals surface area contributed by atoms with Gasteiger partial charge in [-0.15, -0.1) is 0 Å². The monoisotopic (exact) mass is 508 g/mol. The predicted molar refractivity (Wildman–Crippen MR) is 138 cm³/mol. The molecule has 1 saturated heterocycles. The number of phenolic OH excluding ortho intramolecular Hbond substituents is 1. The minimum atomic E-state index is -1.21. The van der Waals surface area contributed by atoms with E-state index in [1.807, 2.05) is 7.05 Å². The number of aromatic amines is 1. The predicted octanol–water partition coefficient (Wildman–Crippen LogP) is 4.42. The Morgan fingerprint density at radius 1 is 1.27 bits per heavy atom. The Bertz CT molecular complexity index is 1390. The minimum Gasteiger partial charge on any atom is -0.508 e. The summed E-state index contributed by atoms with van der Waals surface area (Å²) in [5, 5.41) is 10.6. The van der Waals surface area contributed by atoms with Gasteiger partial charge in [0.25, 0.3) is 5.91 Å². The normalized spacial score (nSPS) is 21.4. The van der Waals surface area contributed by atoms with Crippen LogP contribution in [0.5, 0.6) is 11.5 Å². The number of methoxy groups -OCH3 is 1. The number of hydrogen-bond donors (Lipinski definition) is 2. The highest BCUT2D eigenvalue weighted by Crippen LogP contribution is 2.49. The van der Waals surface area contributed by atoms with Gasteiger partial charge in [-0.05, 0) is 76.2 Å². The van der Waals surface area contributed by atoms with E-state index >= 15 is 4.39 Å². The summed E-state index contributed by atoms with van der Waals surface area (Å²) in [5.74, 6) is -0.643. The van der Waals surface area contributed by atoms with Gasteiger partial charge in [-0.2, -0.15) is 0 Å². The number of nitrogens with zero attached hydrogens (tertiary/aromatic N) is 3. The number of imide groups is 1. The first-order valence-corrected chi connectivity index (χ1v) is 12.6. The van der Waals surface area contributed by atoms with Gasteiger partial charge >= 0.3 is 6.03 Å². The van der Waals surface area contributed by atoms with Crippen molar-refractivity contribution in [2.45, 2.75) is 51.2 Å². The van der Waals surface area contributed by atoms with Gasteiger partial charge in [0.15, 0.2) is 11.6 Å². The lowest BCUT2D eigenvalue weighted by molar-refractivity contribution is -0.133. The van der Waals surface area contributed by atoms with E-state index in [-0.39, 0.29) is 29.9 Å². The maximum absolute atomic E-state index is 15.5. The molecule has 2 atom stereocenters. The number of fused-ring (bicyclic) bond motifs is 4. The standard InChI is InChI=1S/C28H33FN4O4/c1-16(2)31(4)12-7-13-32-26(35)28(3)15-19-22-20(10-11-21(37-5)23(22)29)30-24(19)25(33(28)27(32)36)17-8-6-9-18(34)14-17/h6,8-11,14,16,25,30,34H,7,12-13,15H2,1-5H3/t25-,28+/m1/s1. The SMILES string of the molecule is COc1ccc2[nH]c3c(c2c1F)C[C@@]1(C)C(=O)N(CCCN(C)C(C)C)C(=O)N1[C@@H]3c1cccc(O)c1. The average Bonchev–Trinajstić information content (AvgIpc) is 3.31. The highest BCUT2D eigenvalue weighted by molar-refractivity contribution is 6.08. The van der Waals surface area contributed by atoms with Gasteiger partial charge < -0.3 is 19.7 Å². The van der Waals surface area contributed by atoms with Crippen molar-refractivity contribution in [2.75, 3.05) is 27.2 Å². The van der Waals surface area contributed by atoms with Crippen molar-refractivity contribution >= 4 is 22.8 Å². The van der Waals surface area contributed by atoms with E-state index in [0.717, 1.165) is 6.54 Å². The van der Waals surface area contributed by atoms with Crippen LogP contribution < -0.4 is 4.74 Å². The van der Waals surface area contributed by atoms with Crippen molar-refractivity contribution in [3.63, 3.8) is 0 Å². The number of H-pyrrole nitrogens is 1. The van der Waals surface area contributed by atoms with Crippen LogP contribution >= 0.6 is 0 Å². The number of aromatic hydroxyl groups is 1. The number of rotatable bonds is 7. The number of halogens is 1. The third-order valence-electron chi connectivity index (χ3n) is 7.91. The molecule has 37 heavy (non-hydrogen) atoms. The van der Waals surface area contributed by atoms with Crippen molar-refractivity contribution < 1.29 is 23.8 Å². The maximum atomic E-state index is 15.5. The van der Waals surface area contributed by atoms with Gasteiger partial charge in [0.05, 0.1) is 7.11 Å². The molecule has 1 fully saturated rings.